The minimum Gasteiger partial charge on any atom is -0.497 e. The summed E-state index contributed by atoms with van der Waals surface area (Å²) in [4.78, 5) is 40.2. The topological polar surface area (TPSA) is 141 Å². The van der Waals surface area contributed by atoms with Crippen LogP contribution in [0.5, 0.6) is 5.75 Å². The number of anilines is 1. The monoisotopic (exact) mass is 578 g/mol. The molecule has 0 fully saturated rings. The molecule has 3 aromatic rings. The summed E-state index contributed by atoms with van der Waals surface area (Å²) < 4.78 is 12.7. The molecule has 1 aromatic heterocycles. The van der Waals surface area contributed by atoms with Crippen molar-refractivity contribution in [1.82, 2.24) is 20.0 Å². The van der Waals surface area contributed by atoms with Gasteiger partial charge in [-0.15, -0.1) is 0 Å². The quantitative estimate of drug-likeness (QED) is 0.252. The molecule has 2 aromatic carbocycles. The first-order valence-corrected chi connectivity index (χ1v) is 13.9. The van der Waals surface area contributed by atoms with Crippen molar-refractivity contribution in [3.05, 3.63) is 78.1 Å². The molecule has 0 aliphatic carbocycles. The van der Waals surface area contributed by atoms with Gasteiger partial charge in [0.25, 0.3) is 0 Å². The maximum absolute atomic E-state index is 13.1. The molecule has 11 nitrogen and oxygen atoms in total. The number of likely N-dealkylation sites (N-methyl/N-ethyl adjacent to an activating group) is 1. The smallest absolute Gasteiger partial charge is 0.249 e. The number of nitrogens with one attached hydrogen (secondary N) is 2. The van der Waals surface area contributed by atoms with Crippen molar-refractivity contribution in [3.8, 4) is 5.75 Å². The second-order valence-corrected chi connectivity index (χ2v) is 10.9. The molecule has 0 bridgehead atoms. The van der Waals surface area contributed by atoms with Crippen LogP contribution in [-0.2, 0) is 32.3 Å². The fourth-order valence-electron chi connectivity index (χ4n) is 4.21. The lowest BCUT2D eigenvalue weighted by Crippen LogP contribution is -2.56. The molecular weight excluding hydrogens is 536 g/mol. The van der Waals surface area contributed by atoms with Gasteiger partial charge in [0.05, 0.1) is 43.7 Å². The summed E-state index contributed by atoms with van der Waals surface area (Å²) in [6.45, 7) is 3.93. The molecule has 0 aliphatic heterocycles. The third kappa shape index (κ3) is 9.71. The van der Waals surface area contributed by atoms with E-state index in [0.717, 1.165) is 16.9 Å². The van der Waals surface area contributed by atoms with Crippen LogP contribution in [0, 0.1) is 0 Å². The lowest BCUT2D eigenvalue weighted by molar-refractivity contribution is -0.130. The highest BCUT2D eigenvalue weighted by Gasteiger charge is 2.28. The largest absolute Gasteiger partial charge is 0.497 e. The molecule has 3 rings (SSSR count). The van der Waals surface area contributed by atoms with E-state index >= 15 is 0 Å². The molecule has 4 N–H and O–H groups in total. The third-order valence-corrected chi connectivity index (χ3v) is 6.64. The first-order chi connectivity index (χ1) is 20.0. The molecular formula is C31H42N6O5. The molecule has 11 heteroatoms. The highest BCUT2D eigenvalue weighted by molar-refractivity contribution is 5.98. The number of nitrogens with zero attached hydrogens (tertiary/aromatic N) is 3. The van der Waals surface area contributed by atoms with Gasteiger partial charge in [-0.05, 0) is 49.9 Å². The molecule has 1 heterocycles. The van der Waals surface area contributed by atoms with Crippen molar-refractivity contribution in [3.63, 3.8) is 0 Å². The minimum absolute atomic E-state index is 0.0248. The summed E-state index contributed by atoms with van der Waals surface area (Å²) in [5.41, 5.74) is 7.11. The fourth-order valence-corrected chi connectivity index (χ4v) is 4.21. The van der Waals surface area contributed by atoms with E-state index in [4.69, 9.17) is 15.2 Å². The van der Waals surface area contributed by atoms with E-state index in [0.29, 0.717) is 25.1 Å². The Kier molecular flexibility index (Phi) is 11.6. The molecule has 2 atom stereocenters. The maximum Gasteiger partial charge on any atom is 0.249 e. The standard InChI is InChI=1S/C31H42N6O5/c1-31(2,32)30(40)35-27(21-42-20-22-10-7-6-8-11-22)28(38)34-24-18-33-37(19-24)17-9-12-26(29(39)36(3)4)23-13-15-25(41-5)16-14-23/h6-8,10-11,13-16,18-19,26-27H,9,12,17,20-21,32H2,1-5H3,(H,34,38)(H,35,40)/t26?,27-/m1/s1. The zero-order valence-corrected chi connectivity index (χ0v) is 25.0. The van der Waals surface area contributed by atoms with Gasteiger partial charge in [-0.2, -0.15) is 5.10 Å². The van der Waals surface area contributed by atoms with Gasteiger partial charge in [-0.3, -0.25) is 19.1 Å². The van der Waals surface area contributed by atoms with E-state index in [-0.39, 0.29) is 25.0 Å². The molecule has 42 heavy (non-hydrogen) atoms. The summed E-state index contributed by atoms with van der Waals surface area (Å²) in [6.07, 6.45) is 4.56. The number of aromatic nitrogens is 2. The highest BCUT2D eigenvalue weighted by atomic mass is 16.5. The number of ether oxygens (including phenoxy) is 2. The van der Waals surface area contributed by atoms with Crippen LogP contribution in [0.2, 0.25) is 0 Å². The summed E-state index contributed by atoms with van der Waals surface area (Å²) in [6, 6.07) is 16.1. The second kappa shape index (κ2) is 15.1. The predicted molar refractivity (Wildman–Crippen MR) is 161 cm³/mol. The van der Waals surface area contributed by atoms with Crippen molar-refractivity contribution in [2.24, 2.45) is 5.73 Å². The van der Waals surface area contributed by atoms with Crippen molar-refractivity contribution < 1.29 is 23.9 Å². The second-order valence-electron chi connectivity index (χ2n) is 10.9. The number of amides is 3. The first-order valence-electron chi connectivity index (χ1n) is 13.9. The van der Waals surface area contributed by atoms with Crippen LogP contribution >= 0.6 is 0 Å². The Morgan fingerprint density at radius 1 is 1.07 bits per heavy atom. The number of methoxy groups -OCH3 is 1. The number of carbonyl (C=O) groups excluding carboxylic acids is 3. The number of rotatable bonds is 15. The molecule has 0 spiro atoms. The summed E-state index contributed by atoms with van der Waals surface area (Å²) in [5, 5.41) is 9.85. The van der Waals surface area contributed by atoms with E-state index in [1.165, 1.54) is 0 Å². The maximum atomic E-state index is 13.1. The predicted octanol–water partition coefficient (Wildman–Crippen LogP) is 2.92. The summed E-state index contributed by atoms with van der Waals surface area (Å²) in [5.74, 6) is -0.460. The molecule has 226 valence electrons. The SMILES string of the molecule is COc1ccc(C(CCCn2cc(NC(=O)[C@@H](COCc3ccccc3)NC(=O)C(C)(C)N)cn2)C(=O)N(C)C)cc1. The Hall–Kier alpha value is -4.22. The number of benzene rings is 2. The Bertz CT molecular complexity index is 1300. The number of aryl methyl sites for hydroxylation is 1. The van der Waals surface area contributed by atoms with Crippen LogP contribution in [0.15, 0.2) is 67.0 Å². The van der Waals surface area contributed by atoms with Crippen molar-refractivity contribution in [2.75, 3.05) is 33.1 Å². The zero-order chi connectivity index (χ0) is 30.7. The minimum atomic E-state index is -1.17. The zero-order valence-electron chi connectivity index (χ0n) is 25.0. The molecule has 1 unspecified atom stereocenters. The average Bonchev–Trinajstić information content (AvgIpc) is 3.41. The molecule has 3 amide bonds. The summed E-state index contributed by atoms with van der Waals surface area (Å²) in [7, 11) is 5.10. The Morgan fingerprint density at radius 3 is 2.38 bits per heavy atom. The number of hydrogen-bond acceptors (Lipinski definition) is 7. The van der Waals surface area contributed by atoms with Crippen LogP contribution in [0.3, 0.4) is 0 Å². The lowest BCUT2D eigenvalue weighted by Gasteiger charge is -2.23. The lowest BCUT2D eigenvalue weighted by atomic mass is 9.93. The Morgan fingerprint density at radius 2 is 1.76 bits per heavy atom. The first kappa shape index (κ1) is 32.3. The molecule has 0 aliphatic rings. The highest BCUT2D eigenvalue weighted by Crippen LogP contribution is 2.26. The number of hydrogen-bond donors (Lipinski definition) is 3. The van der Waals surface area contributed by atoms with Crippen LogP contribution in [0.25, 0.3) is 0 Å². The van der Waals surface area contributed by atoms with Gasteiger partial charge in [0.15, 0.2) is 0 Å². The van der Waals surface area contributed by atoms with Crippen molar-refractivity contribution in [2.45, 2.75) is 57.3 Å². The van der Waals surface area contributed by atoms with E-state index in [1.54, 1.807) is 57.0 Å². The Labute approximate surface area is 247 Å². The molecule has 0 saturated carbocycles. The van der Waals surface area contributed by atoms with E-state index in [1.807, 2.05) is 54.6 Å². The van der Waals surface area contributed by atoms with Crippen LogP contribution in [0.4, 0.5) is 5.69 Å². The van der Waals surface area contributed by atoms with Gasteiger partial charge in [0.2, 0.25) is 17.7 Å². The van der Waals surface area contributed by atoms with Crippen LogP contribution in [0.1, 0.15) is 43.7 Å². The normalized spacial score (nSPS) is 12.7. The van der Waals surface area contributed by atoms with Gasteiger partial charge in [-0.25, -0.2) is 0 Å². The van der Waals surface area contributed by atoms with E-state index in [2.05, 4.69) is 15.7 Å². The third-order valence-electron chi connectivity index (χ3n) is 6.64. The van der Waals surface area contributed by atoms with Crippen molar-refractivity contribution in [1.29, 1.82) is 0 Å². The summed E-state index contributed by atoms with van der Waals surface area (Å²) >= 11 is 0. The number of carbonyl (C=O) groups is 3. The Balaban J connectivity index is 1.59. The van der Waals surface area contributed by atoms with E-state index < -0.39 is 23.4 Å². The van der Waals surface area contributed by atoms with Gasteiger partial charge in [0, 0.05) is 26.8 Å². The van der Waals surface area contributed by atoms with Gasteiger partial charge >= 0.3 is 0 Å². The fraction of sp³-hybridized carbons (Fsp3) is 0.419. The van der Waals surface area contributed by atoms with Crippen LogP contribution in [-0.4, -0.2) is 71.8 Å². The van der Waals surface area contributed by atoms with Gasteiger partial charge in [0.1, 0.15) is 11.8 Å². The van der Waals surface area contributed by atoms with Crippen molar-refractivity contribution >= 4 is 23.4 Å². The average molecular weight is 579 g/mol. The molecule has 0 saturated heterocycles. The van der Waals surface area contributed by atoms with Gasteiger partial charge in [-0.1, -0.05) is 42.5 Å². The van der Waals surface area contributed by atoms with Gasteiger partial charge < -0.3 is 30.7 Å². The molecule has 0 radical (unpaired) electrons. The van der Waals surface area contributed by atoms with E-state index in [9.17, 15) is 14.4 Å². The van der Waals surface area contributed by atoms with Crippen LogP contribution < -0.4 is 21.1 Å². The number of nitrogens with two attached hydrogens (primary N) is 1.